The number of rotatable bonds is 7. The topological polar surface area (TPSA) is 87.8 Å². The van der Waals surface area contributed by atoms with Gasteiger partial charge in [-0.3, -0.25) is 0 Å². The summed E-state index contributed by atoms with van der Waals surface area (Å²) in [6, 6.07) is 15.4. The van der Waals surface area contributed by atoms with Crippen molar-refractivity contribution in [2.24, 2.45) is 0 Å². The van der Waals surface area contributed by atoms with Crippen molar-refractivity contribution in [1.29, 1.82) is 0 Å². The number of aromatic carboxylic acids is 1. The summed E-state index contributed by atoms with van der Waals surface area (Å²) in [5, 5.41) is 9.55. The Bertz CT molecular complexity index is 1010. The lowest BCUT2D eigenvalue weighted by Gasteiger charge is -2.21. The molecule has 27 heavy (non-hydrogen) atoms. The van der Waals surface area contributed by atoms with Gasteiger partial charge in [0.25, 0.3) is 0 Å². The highest BCUT2D eigenvalue weighted by Gasteiger charge is 2.26. The van der Waals surface area contributed by atoms with Gasteiger partial charge in [-0.15, -0.1) is 0 Å². The lowest BCUT2D eigenvalue weighted by atomic mass is 10.2. The molecule has 3 aromatic rings. The zero-order valence-corrected chi connectivity index (χ0v) is 15.7. The first-order valence-electron chi connectivity index (χ1n) is 7.96. The molecule has 0 spiro atoms. The summed E-state index contributed by atoms with van der Waals surface area (Å²) in [5.74, 6) is -0.623. The molecule has 0 fully saturated rings. The molecule has 140 valence electrons. The maximum absolute atomic E-state index is 13.1. The van der Waals surface area contributed by atoms with Crippen molar-refractivity contribution in [2.75, 3.05) is 0 Å². The number of hydrogen-bond donors (Lipinski definition) is 1. The number of furan rings is 1. The molecule has 0 unspecified atom stereocenters. The monoisotopic (exact) mass is 405 g/mol. The molecule has 0 radical (unpaired) electrons. The average molecular weight is 406 g/mol. The molecule has 1 aromatic heterocycles. The van der Waals surface area contributed by atoms with Gasteiger partial charge in [0.2, 0.25) is 10.0 Å². The van der Waals surface area contributed by atoms with Crippen LogP contribution in [0.1, 0.15) is 21.7 Å². The third kappa shape index (κ3) is 4.57. The molecule has 0 atom stereocenters. The molecule has 1 N–H and O–H groups in total. The smallest absolute Gasteiger partial charge is 0.335 e. The van der Waals surface area contributed by atoms with Gasteiger partial charge in [0.1, 0.15) is 5.76 Å². The summed E-state index contributed by atoms with van der Waals surface area (Å²) in [6.45, 7) is 0.152. The molecular weight excluding hydrogens is 390 g/mol. The molecule has 0 aliphatic rings. The Balaban J connectivity index is 1.94. The van der Waals surface area contributed by atoms with E-state index in [1.807, 2.05) is 0 Å². The predicted octanol–water partition coefficient (Wildman–Crippen LogP) is 4.02. The fourth-order valence-electron chi connectivity index (χ4n) is 2.51. The van der Waals surface area contributed by atoms with Crippen LogP contribution in [0.3, 0.4) is 0 Å². The van der Waals surface area contributed by atoms with E-state index in [9.17, 15) is 13.2 Å². The Labute approximate surface area is 161 Å². The first-order chi connectivity index (χ1) is 12.9. The Kier molecular flexibility index (Phi) is 5.65. The van der Waals surface area contributed by atoms with Crippen LogP contribution in [0.15, 0.2) is 76.2 Å². The highest BCUT2D eigenvalue weighted by Crippen LogP contribution is 2.22. The van der Waals surface area contributed by atoms with E-state index >= 15 is 0 Å². The quantitative estimate of drug-likeness (QED) is 0.641. The molecule has 0 aliphatic carbocycles. The fraction of sp³-hybridized carbons (Fsp3) is 0.105. The van der Waals surface area contributed by atoms with Gasteiger partial charge >= 0.3 is 5.97 Å². The van der Waals surface area contributed by atoms with Crippen molar-refractivity contribution in [3.8, 4) is 0 Å². The van der Waals surface area contributed by atoms with E-state index in [0.29, 0.717) is 10.8 Å². The van der Waals surface area contributed by atoms with Crippen LogP contribution in [0.25, 0.3) is 0 Å². The molecule has 0 saturated carbocycles. The first kappa shape index (κ1) is 19.2. The Morgan fingerprint density at radius 1 is 1.00 bits per heavy atom. The number of carboxylic acid groups (broad SMARTS) is 1. The molecule has 1 heterocycles. The van der Waals surface area contributed by atoms with Crippen molar-refractivity contribution in [1.82, 2.24) is 4.31 Å². The van der Waals surface area contributed by atoms with E-state index in [-0.39, 0.29) is 23.5 Å². The molecule has 2 aromatic carbocycles. The predicted molar refractivity (Wildman–Crippen MR) is 100.0 cm³/mol. The molecule has 8 heteroatoms. The van der Waals surface area contributed by atoms with Gasteiger partial charge in [0, 0.05) is 11.6 Å². The van der Waals surface area contributed by atoms with E-state index in [2.05, 4.69) is 0 Å². The second-order valence-corrected chi connectivity index (χ2v) is 8.18. The molecule has 6 nitrogen and oxygen atoms in total. The van der Waals surface area contributed by atoms with E-state index in [0.717, 1.165) is 5.56 Å². The average Bonchev–Trinajstić information content (AvgIpc) is 3.16. The number of carboxylic acids is 1. The largest absolute Gasteiger partial charge is 0.478 e. The Morgan fingerprint density at radius 2 is 1.67 bits per heavy atom. The summed E-state index contributed by atoms with van der Waals surface area (Å²) >= 11 is 5.89. The van der Waals surface area contributed by atoms with Gasteiger partial charge in [0.15, 0.2) is 0 Å². The van der Waals surface area contributed by atoms with Crippen molar-refractivity contribution in [3.05, 3.63) is 88.8 Å². The SMILES string of the molecule is O=C(O)c1ccc(S(=O)(=O)N(Cc2ccc(Cl)cc2)Cc2ccco2)cc1. The maximum Gasteiger partial charge on any atom is 0.335 e. The second kappa shape index (κ2) is 7.96. The number of nitrogens with zero attached hydrogens (tertiary/aromatic N) is 1. The number of sulfonamides is 1. The van der Waals surface area contributed by atoms with E-state index in [1.165, 1.54) is 34.8 Å². The van der Waals surface area contributed by atoms with Crippen LogP contribution >= 0.6 is 11.6 Å². The van der Waals surface area contributed by atoms with E-state index in [1.54, 1.807) is 36.4 Å². The van der Waals surface area contributed by atoms with Crippen molar-refractivity contribution in [3.63, 3.8) is 0 Å². The third-order valence-electron chi connectivity index (χ3n) is 3.92. The summed E-state index contributed by atoms with van der Waals surface area (Å²) in [5.41, 5.74) is 0.779. The van der Waals surface area contributed by atoms with Crippen LogP contribution in [-0.2, 0) is 23.1 Å². The Hall–Kier alpha value is -2.61. The minimum Gasteiger partial charge on any atom is -0.478 e. The van der Waals surface area contributed by atoms with Gasteiger partial charge < -0.3 is 9.52 Å². The standard InChI is InChI=1S/C19H16ClNO5S/c20-16-7-3-14(4-8-16)12-21(13-17-2-1-11-26-17)27(24,25)18-9-5-15(6-10-18)19(22)23/h1-11H,12-13H2,(H,22,23). The molecule has 0 amide bonds. The Morgan fingerprint density at radius 3 is 2.22 bits per heavy atom. The lowest BCUT2D eigenvalue weighted by Crippen LogP contribution is -2.30. The van der Waals surface area contributed by atoms with Crippen LogP contribution in [0, 0.1) is 0 Å². The second-order valence-electron chi connectivity index (χ2n) is 5.81. The summed E-state index contributed by atoms with van der Waals surface area (Å²) in [7, 11) is -3.88. The van der Waals surface area contributed by atoms with Crippen molar-refractivity contribution >= 4 is 27.6 Å². The molecule has 3 rings (SSSR count). The number of halogens is 1. The molecule has 0 bridgehead atoms. The number of hydrogen-bond acceptors (Lipinski definition) is 4. The van der Waals surface area contributed by atoms with Crippen molar-refractivity contribution < 1.29 is 22.7 Å². The van der Waals surface area contributed by atoms with Crippen LogP contribution in [0.4, 0.5) is 0 Å². The third-order valence-corrected chi connectivity index (χ3v) is 5.98. The van der Waals surface area contributed by atoms with Crippen LogP contribution in [-0.4, -0.2) is 23.8 Å². The zero-order valence-electron chi connectivity index (χ0n) is 14.1. The van der Waals surface area contributed by atoms with Gasteiger partial charge in [-0.1, -0.05) is 23.7 Å². The van der Waals surface area contributed by atoms with Crippen LogP contribution in [0.2, 0.25) is 5.02 Å². The maximum atomic E-state index is 13.1. The van der Waals surface area contributed by atoms with Gasteiger partial charge in [-0.05, 0) is 54.1 Å². The lowest BCUT2D eigenvalue weighted by molar-refractivity contribution is 0.0696. The minimum absolute atomic E-state index is 0.00743. The zero-order chi connectivity index (χ0) is 19.4. The van der Waals surface area contributed by atoms with Gasteiger partial charge in [-0.2, -0.15) is 4.31 Å². The minimum atomic E-state index is -3.88. The summed E-state index contributed by atoms with van der Waals surface area (Å²) in [6.07, 6.45) is 1.48. The molecule has 0 aliphatic heterocycles. The van der Waals surface area contributed by atoms with E-state index in [4.69, 9.17) is 21.1 Å². The van der Waals surface area contributed by atoms with Crippen molar-refractivity contribution in [2.45, 2.75) is 18.0 Å². The van der Waals surface area contributed by atoms with Gasteiger partial charge in [0.05, 0.1) is 23.3 Å². The fourth-order valence-corrected chi connectivity index (χ4v) is 4.03. The van der Waals surface area contributed by atoms with E-state index < -0.39 is 16.0 Å². The van der Waals surface area contributed by atoms with Gasteiger partial charge in [-0.25, -0.2) is 13.2 Å². The molecule has 0 saturated heterocycles. The summed E-state index contributed by atoms with van der Waals surface area (Å²) < 4.78 is 32.8. The summed E-state index contributed by atoms with van der Waals surface area (Å²) in [4.78, 5) is 11.0. The van der Waals surface area contributed by atoms with Crippen LogP contribution in [0.5, 0.6) is 0 Å². The highest BCUT2D eigenvalue weighted by molar-refractivity contribution is 7.89. The van der Waals surface area contributed by atoms with Crippen LogP contribution < -0.4 is 0 Å². The number of benzene rings is 2. The molecular formula is C19H16ClNO5S. The highest BCUT2D eigenvalue weighted by atomic mass is 35.5. The number of carbonyl (C=O) groups is 1. The first-order valence-corrected chi connectivity index (χ1v) is 9.78. The normalized spacial score (nSPS) is 11.6.